The lowest BCUT2D eigenvalue weighted by molar-refractivity contribution is 0.316. The van der Waals surface area contributed by atoms with Gasteiger partial charge in [-0.25, -0.2) is 13.1 Å². The van der Waals surface area contributed by atoms with Crippen molar-refractivity contribution in [3.05, 3.63) is 18.0 Å². The Morgan fingerprint density at radius 3 is 2.75 bits per heavy atom. The molecule has 10 heteroatoms. The van der Waals surface area contributed by atoms with Crippen LogP contribution in [0.15, 0.2) is 17.4 Å². The fraction of sp³-hybridized carbons (Fsp3) is 0.778. The average Bonchev–Trinajstić information content (AvgIpc) is 3.21. The number of nitrogens with one attached hydrogen (secondary N) is 2. The van der Waals surface area contributed by atoms with Gasteiger partial charge in [-0.05, 0) is 37.7 Å². The maximum Gasteiger partial charge on any atom is 0.213 e. The molecule has 0 radical (unpaired) electrons. The van der Waals surface area contributed by atoms with E-state index in [0.29, 0.717) is 18.4 Å². The number of aryl methyl sites for hydroxylation is 1. The molecule has 1 unspecified atom stereocenters. The fourth-order valence-electron chi connectivity index (χ4n) is 3.59. The molecule has 1 saturated heterocycles. The van der Waals surface area contributed by atoms with Crippen LogP contribution in [0, 0.1) is 5.92 Å². The van der Waals surface area contributed by atoms with Crippen LogP contribution in [0.3, 0.4) is 0 Å². The van der Waals surface area contributed by atoms with Gasteiger partial charge in [-0.2, -0.15) is 5.10 Å². The summed E-state index contributed by atoms with van der Waals surface area (Å²) in [5, 5.41) is 7.56. The van der Waals surface area contributed by atoms with Gasteiger partial charge in [-0.15, -0.1) is 24.0 Å². The lowest BCUT2D eigenvalue weighted by Gasteiger charge is -2.25. The Morgan fingerprint density at radius 2 is 2.14 bits per heavy atom. The van der Waals surface area contributed by atoms with Crippen LogP contribution in [0.25, 0.3) is 0 Å². The van der Waals surface area contributed by atoms with E-state index in [-0.39, 0.29) is 36.3 Å². The van der Waals surface area contributed by atoms with Crippen molar-refractivity contribution in [1.82, 2.24) is 24.7 Å². The van der Waals surface area contributed by atoms with Gasteiger partial charge >= 0.3 is 0 Å². The summed E-state index contributed by atoms with van der Waals surface area (Å²) in [7, 11) is -1.32. The third kappa shape index (κ3) is 6.58. The normalized spacial score (nSPS) is 20.7. The molecule has 0 amide bonds. The minimum atomic E-state index is -3.25. The molecule has 28 heavy (non-hydrogen) atoms. The lowest BCUT2D eigenvalue weighted by Crippen LogP contribution is -2.40. The number of sulfonamides is 1. The molecule has 2 aliphatic rings. The zero-order valence-corrected chi connectivity index (χ0v) is 19.9. The van der Waals surface area contributed by atoms with Crippen molar-refractivity contribution < 1.29 is 8.42 Å². The molecule has 2 fully saturated rings. The highest BCUT2D eigenvalue weighted by Crippen LogP contribution is 2.27. The van der Waals surface area contributed by atoms with Crippen molar-refractivity contribution in [2.45, 2.75) is 38.5 Å². The van der Waals surface area contributed by atoms with Crippen LogP contribution < -0.4 is 10.0 Å². The number of nitrogens with zero attached hydrogens (tertiary/aromatic N) is 4. The predicted molar refractivity (Wildman–Crippen MR) is 123 cm³/mol. The van der Waals surface area contributed by atoms with E-state index >= 15 is 0 Å². The van der Waals surface area contributed by atoms with Crippen molar-refractivity contribution in [2.75, 3.05) is 38.5 Å². The summed E-state index contributed by atoms with van der Waals surface area (Å²) in [6.07, 6.45) is 8.55. The molecule has 1 aromatic heterocycles. The second kappa shape index (κ2) is 10.8. The van der Waals surface area contributed by atoms with Crippen molar-refractivity contribution in [1.29, 1.82) is 0 Å². The quantitative estimate of drug-likeness (QED) is 0.306. The molecule has 1 aliphatic carbocycles. The van der Waals surface area contributed by atoms with Crippen molar-refractivity contribution in [3.8, 4) is 0 Å². The van der Waals surface area contributed by atoms with E-state index in [2.05, 4.69) is 31.2 Å². The van der Waals surface area contributed by atoms with Crippen LogP contribution in [-0.2, 0) is 17.1 Å². The Kier molecular flexibility index (Phi) is 9.00. The smallest absolute Gasteiger partial charge is 0.213 e. The zero-order chi connectivity index (χ0) is 19.3. The van der Waals surface area contributed by atoms with Gasteiger partial charge in [0.15, 0.2) is 5.96 Å². The van der Waals surface area contributed by atoms with Gasteiger partial charge in [0.2, 0.25) is 10.0 Å². The van der Waals surface area contributed by atoms with Gasteiger partial charge < -0.3 is 10.2 Å². The summed E-state index contributed by atoms with van der Waals surface area (Å²) in [5.74, 6) is 1.80. The van der Waals surface area contributed by atoms with Crippen LogP contribution in [-0.4, -0.2) is 67.5 Å². The molecule has 0 aromatic carbocycles. The molecular weight excluding hydrogens is 491 g/mol. The SMILES string of the molecule is CCNC(=NCCS(=O)(=O)NCC1CCC1)N1CCC(c2cnn(C)c2)C1.I. The van der Waals surface area contributed by atoms with Crippen molar-refractivity contribution in [2.24, 2.45) is 18.0 Å². The summed E-state index contributed by atoms with van der Waals surface area (Å²) in [6, 6.07) is 0. The highest BCUT2D eigenvalue weighted by Gasteiger charge is 2.27. The number of hydrogen-bond acceptors (Lipinski definition) is 4. The Bertz CT molecular complexity index is 747. The zero-order valence-electron chi connectivity index (χ0n) is 16.8. The summed E-state index contributed by atoms with van der Waals surface area (Å²) in [4.78, 5) is 6.78. The minimum absolute atomic E-state index is 0. The van der Waals surface area contributed by atoms with Crippen molar-refractivity contribution in [3.63, 3.8) is 0 Å². The first-order valence-electron chi connectivity index (χ1n) is 9.96. The van der Waals surface area contributed by atoms with E-state index in [4.69, 9.17) is 0 Å². The molecule has 1 saturated carbocycles. The molecule has 1 atom stereocenters. The topological polar surface area (TPSA) is 91.6 Å². The molecule has 2 N–H and O–H groups in total. The Hall–Kier alpha value is -0.880. The molecule has 3 rings (SSSR count). The van der Waals surface area contributed by atoms with E-state index < -0.39 is 10.0 Å². The number of halogens is 1. The van der Waals surface area contributed by atoms with Gasteiger partial charge in [0.25, 0.3) is 0 Å². The molecule has 0 spiro atoms. The van der Waals surface area contributed by atoms with E-state index in [1.807, 2.05) is 24.9 Å². The molecule has 8 nitrogen and oxygen atoms in total. The van der Waals surface area contributed by atoms with E-state index in [1.165, 1.54) is 12.0 Å². The maximum absolute atomic E-state index is 12.2. The van der Waals surface area contributed by atoms with Crippen LogP contribution in [0.2, 0.25) is 0 Å². The van der Waals surface area contributed by atoms with Gasteiger partial charge in [0, 0.05) is 45.3 Å². The lowest BCUT2D eigenvalue weighted by atomic mass is 9.86. The third-order valence-electron chi connectivity index (χ3n) is 5.46. The Labute approximate surface area is 185 Å². The molecule has 1 aromatic rings. The largest absolute Gasteiger partial charge is 0.357 e. The first-order chi connectivity index (χ1) is 13.0. The molecule has 1 aliphatic heterocycles. The standard InChI is InChI=1S/C18H32N6O2S.HI/c1-3-19-18(20-8-10-27(25,26)22-11-15-5-4-6-15)24-9-7-16(14-24)17-12-21-23(2)13-17;/h12-13,15-16,22H,3-11,14H2,1-2H3,(H,19,20);1H. The van der Waals surface area contributed by atoms with Gasteiger partial charge in [0.1, 0.15) is 0 Å². The maximum atomic E-state index is 12.2. The summed E-state index contributed by atoms with van der Waals surface area (Å²) in [6.45, 7) is 5.43. The van der Waals surface area contributed by atoms with Crippen molar-refractivity contribution >= 4 is 40.0 Å². The fourth-order valence-corrected chi connectivity index (χ4v) is 4.55. The number of hydrogen-bond donors (Lipinski definition) is 2. The van der Waals surface area contributed by atoms with Gasteiger partial charge in [0.05, 0.1) is 18.5 Å². The third-order valence-corrected chi connectivity index (χ3v) is 6.78. The molecule has 160 valence electrons. The average molecular weight is 524 g/mol. The van der Waals surface area contributed by atoms with E-state index in [0.717, 1.165) is 44.9 Å². The number of guanidine groups is 1. The summed E-state index contributed by atoms with van der Waals surface area (Å²) in [5.41, 5.74) is 1.25. The van der Waals surface area contributed by atoms with Crippen LogP contribution >= 0.6 is 24.0 Å². The second-order valence-corrected chi connectivity index (χ2v) is 9.51. The van der Waals surface area contributed by atoms with E-state index in [9.17, 15) is 8.42 Å². The Balaban J connectivity index is 0.00000280. The minimum Gasteiger partial charge on any atom is -0.357 e. The highest BCUT2D eigenvalue weighted by molar-refractivity contribution is 14.0. The number of aromatic nitrogens is 2. The summed E-state index contributed by atoms with van der Waals surface area (Å²) < 4.78 is 28.9. The summed E-state index contributed by atoms with van der Waals surface area (Å²) >= 11 is 0. The number of aliphatic imine (C=N–C) groups is 1. The highest BCUT2D eigenvalue weighted by atomic mass is 127. The number of likely N-dealkylation sites (tertiary alicyclic amines) is 1. The predicted octanol–water partition coefficient (Wildman–Crippen LogP) is 1.51. The first kappa shape index (κ1) is 23.4. The Morgan fingerprint density at radius 1 is 1.36 bits per heavy atom. The molecule has 0 bridgehead atoms. The first-order valence-corrected chi connectivity index (χ1v) is 11.6. The number of rotatable bonds is 8. The second-order valence-electron chi connectivity index (χ2n) is 7.58. The molecule has 2 heterocycles. The van der Waals surface area contributed by atoms with Crippen LogP contribution in [0.5, 0.6) is 0 Å². The van der Waals surface area contributed by atoms with Gasteiger partial charge in [-0.1, -0.05) is 6.42 Å². The van der Waals surface area contributed by atoms with E-state index in [1.54, 1.807) is 0 Å². The van der Waals surface area contributed by atoms with Crippen LogP contribution in [0.1, 0.15) is 44.1 Å². The monoisotopic (exact) mass is 524 g/mol. The van der Waals surface area contributed by atoms with Gasteiger partial charge in [-0.3, -0.25) is 9.67 Å². The molecular formula is C18H33IN6O2S. The van der Waals surface area contributed by atoms with Crippen LogP contribution in [0.4, 0.5) is 0 Å².